The molecule has 0 heterocycles. The van der Waals surface area contributed by atoms with E-state index in [9.17, 15) is 0 Å². The summed E-state index contributed by atoms with van der Waals surface area (Å²) in [4.78, 5) is 0. The van der Waals surface area contributed by atoms with Crippen LogP contribution in [0.25, 0.3) is 0 Å². The van der Waals surface area contributed by atoms with Crippen molar-refractivity contribution in [1.82, 2.24) is 5.32 Å². The molecule has 1 heteroatoms. The van der Waals surface area contributed by atoms with Crippen LogP contribution < -0.4 is 5.32 Å². The van der Waals surface area contributed by atoms with E-state index in [4.69, 9.17) is 0 Å². The smallest absolute Gasteiger partial charge is 0.00966 e. The second-order valence-corrected chi connectivity index (χ2v) is 6.94. The van der Waals surface area contributed by atoms with Crippen molar-refractivity contribution in [2.75, 3.05) is 6.54 Å². The zero-order valence-electron chi connectivity index (χ0n) is 13.4. The van der Waals surface area contributed by atoms with Crippen LogP contribution in [0.2, 0.25) is 0 Å². The molecular weight excluding hydrogens is 230 g/mol. The third-order valence-electron chi connectivity index (χ3n) is 3.72. The molecule has 0 saturated heterocycles. The van der Waals surface area contributed by atoms with E-state index in [1.807, 2.05) is 0 Å². The topological polar surface area (TPSA) is 12.0 Å². The van der Waals surface area contributed by atoms with E-state index < -0.39 is 0 Å². The average Bonchev–Trinajstić information content (AvgIpc) is 2.36. The van der Waals surface area contributed by atoms with Crippen LogP contribution in [0, 0.1) is 11.8 Å². The van der Waals surface area contributed by atoms with E-state index in [0.717, 1.165) is 18.4 Å². The molecule has 1 aromatic rings. The van der Waals surface area contributed by atoms with Crippen molar-refractivity contribution >= 4 is 0 Å². The molecule has 1 aromatic carbocycles. The molecular formula is C18H31N. The molecule has 1 rings (SSSR count). The van der Waals surface area contributed by atoms with Crippen LogP contribution in [0.15, 0.2) is 30.3 Å². The van der Waals surface area contributed by atoms with Gasteiger partial charge >= 0.3 is 0 Å². The summed E-state index contributed by atoms with van der Waals surface area (Å²) in [6.45, 7) is 12.5. The lowest BCUT2D eigenvalue weighted by molar-refractivity contribution is 0.320. The van der Waals surface area contributed by atoms with Gasteiger partial charge in [0.05, 0.1) is 0 Å². The van der Waals surface area contributed by atoms with E-state index in [-0.39, 0.29) is 5.54 Å². The monoisotopic (exact) mass is 261 g/mol. The van der Waals surface area contributed by atoms with Crippen molar-refractivity contribution in [1.29, 1.82) is 0 Å². The Morgan fingerprint density at radius 3 is 2.26 bits per heavy atom. The maximum atomic E-state index is 3.67. The van der Waals surface area contributed by atoms with Crippen LogP contribution in [0.3, 0.4) is 0 Å². The van der Waals surface area contributed by atoms with Gasteiger partial charge in [-0.05, 0) is 57.6 Å². The Kier molecular flexibility index (Phi) is 6.57. The summed E-state index contributed by atoms with van der Waals surface area (Å²) in [5.74, 6) is 1.55. The van der Waals surface area contributed by atoms with Gasteiger partial charge in [0, 0.05) is 5.54 Å². The average molecular weight is 261 g/mol. The Morgan fingerprint density at radius 1 is 1.11 bits per heavy atom. The third kappa shape index (κ3) is 7.37. The fourth-order valence-corrected chi connectivity index (χ4v) is 2.37. The standard InChI is InChI=1S/C18H31N/c1-6-15(2)12-17(14-19-18(3,4)5)13-16-10-8-7-9-11-16/h7-11,15,17,19H,6,12-14H2,1-5H3. The molecule has 0 aliphatic carbocycles. The highest BCUT2D eigenvalue weighted by Gasteiger charge is 2.16. The zero-order chi connectivity index (χ0) is 14.3. The number of benzene rings is 1. The summed E-state index contributed by atoms with van der Waals surface area (Å²) in [7, 11) is 0. The molecule has 108 valence electrons. The van der Waals surface area contributed by atoms with Crippen molar-refractivity contribution in [2.24, 2.45) is 11.8 Å². The summed E-state index contributed by atoms with van der Waals surface area (Å²) >= 11 is 0. The van der Waals surface area contributed by atoms with Crippen molar-refractivity contribution in [3.8, 4) is 0 Å². The molecule has 0 aliphatic heterocycles. The Labute approximate surface area is 119 Å². The maximum Gasteiger partial charge on any atom is 0.00966 e. The van der Waals surface area contributed by atoms with Gasteiger partial charge < -0.3 is 5.32 Å². The zero-order valence-corrected chi connectivity index (χ0v) is 13.4. The lowest BCUT2D eigenvalue weighted by Crippen LogP contribution is -2.40. The predicted molar refractivity (Wildman–Crippen MR) is 85.5 cm³/mol. The lowest BCUT2D eigenvalue weighted by Gasteiger charge is -2.27. The van der Waals surface area contributed by atoms with Gasteiger partial charge in [0.25, 0.3) is 0 Å². The van der Waals surface area contributed by atoms with Crippen molar-refractivity contribution in [3.63, 3.8) is 0 Å². The minimum atomic E-state index is 0.213. The van der Waals surface area contributed by atoms with E-state index in [0.29, 0.717) is 0 Å². The number of hydrogen-bond donors (Lipinski definition) is 1. The minimum Gasteiger partial charge on any atom is -0.312 e. The Bertz CT molecular complexity index is 336. The highest BCUT2D eigenvalue weighted by atomic mass is 14.9. The highest BCUT2D eigenvalue weighted by Crippen LogP contribution is 2.20. The normalized spacial score (nSPS) is 15.2. The molecule has 0 fully saturated rings. The summed E-state index contributed by atoms with van der Waals surface area (Å²) in [5, 5.41) is 3.67. The predicted octanol–water partition coefficient (Wildman–Crippen LogP) is 4.67. The van der Waals surface area contributed by atoms with Gasteiger partial charge in [-0.1, -0.05) is 50.6 Å². The first-order chi connectivity index (χ1) is 8.90. The summed E-state index contributed by atoms with van der Waals surface area (Å²) in [6, 6.07) is 10.9. The summed E-state index contributed by atoms with van der Waals surface area (Å²) in [6.07, 6.45) is 3.78. The first-order valence-corrected chi connectivity index (χ1v) is 7.69. The molecule has 2 atom stereocenters. The molecule has 1 nitrogen and oxygen atoms in total. The summed E-state index contributed by atoms with van der Waals surface area (Å²) in [5.41, 5.74) is 1.68. The van der Waals surface area contributed by atoms with Gasteiger partial charge in [0.2, 0.25) is 0 Å². The number of hydrogen-bond acceptors (Lipinski definition) is 1. The number of rotatable bonds is 7. The van der Waals surface area contributed by atoms with Crippen molar-refractivity contribution in [3.05, 3.63) is 35.9 Å². The molecule has 0 aromatic heterocycles. The first kappa shape index (κ1) is 16.2. The molecule has 0 bridgehead atoms. The largest absolute Gasteiger partial charge is 0.312 e. The van der Waals surface area contributed by atoms with Crippen LogP contribution >= 0.6 is 0 Å². The van der Waals surface area contributed by atoms with Crippen LogP contribution in [0.1, 0.15) is 53.0 Å². The van der Waals surface area contributed by atoms with Crippen molar-refractivity contribution < 1.29 is 0 Å². The van der Waals surface area contributed by atoms with Gasteiger partial charge in [-0.15, -0.1) is 0 Å². The van der Waals surface area contributed by atoms with Crippen molar-refractivity contribution in [2.45, 2.75) is 59.4 Å². The fraction of sp³-hybridized carbons (Fsp3) is 0.667. The van der Waals surface area contributed by atoms with Crippen LogP contribution in [-0.4, -0.2) is 12.1 Å². The van der Waals surface area contributed by atoms with Crippen LogP contribution in [0.5, 0.6) is 0 Å². The molecule has 0 aliphatic rings. The van der Waals surface area contributed by atoms with E-state index in [1.165, 1.54) is 24.8 Å². The van der Waals surface area contributed by atoms with Gasteiger partial charge in [-0.25, -0.2) is 0 Å². The quantitative estimate of drug-likeness (QED) is 0.752. The fourth-order valence-electron chi connectivity index (χ4n) is 2.37. The van der Waals surface area contributed by atoms with Gasteiger partial charge in [0.1, 0.15) is 0 Å². The minimum absolute atomic E-state index is 0.213. The molecule has 0 saturated carbocycles. The van der Waals surface area contributed by atoms with Gasteiger partial charge in [-0.3, -0.25) is 0 Å². The maximum absolute atomic E-state index is 3.67. The molecule has 1 N–H and O–H groups in total. The van der Waals surface area contributed by atoms with Gasteiger partial charge in [-0.2, -0.15) is 0 Å². The summed E-state index contributed by atoms with van der Waals surface area (Å²) < 4.78 is 0. The molecule has 0 amide bonds. The number of nitrogens with one attached hydrogen (secondary N) is 1. The van der Waals surface area contributed by atoms with Gasteiger partial charge in [0.15, 0.2) is 0 Å². The van der Waals surface area contributed by atoms with E-state index in [2.05, 4.69) is 70.3 Å². The van der Waals surface area contributed by atoms with E-state index >= 15 is 0 Å². The highest BCUT2D eigenvalue weighted by molar-refractivity contribution is 5.15. The SMILES string of the molecule is CCC(C)CC(CNC(C)(C)C)Cc1ccccc1. The Balaban J connectivity index is 2.58. The van der Waals surface area contributed by atoms with Crippen LogP contribution in [0.4, 0.5) is 0 Å². The Hall–Kier alpha value is -0.820. The molecule has 0 spiro atoms. The molecule has 19 heavy (non-hydrogen) atoms. The third-order valence-corrected chi connectivity index (χ3v) is 3.72. The first-order valence-electron chi connectivity index (χ1n) is 7.69. The second-order valence-electron chi connectivity index (χ2n) is 6.94. The lowest BCUT2D eigenvalue weighted by atomic mass is 9.88. The Morgan fingerprint density at radius 2 is 1.74 bits per heavy atom. The molecule has 0 radical (unpaired) electrons. The van der Waals surface area contributed by atoms with E-state index in [1.54, 1.807) is 0 Å². The van der Waals surface area contributed by atoms with Crippen LogP contribution in [-0.2, 0) is 6.42 Å². The second kappa shape index (κ2) is 7.69. The molecule has 2 unspecified atom stereocenters.